The zero-order valence-corrected chi connectivity index (χ0v) is 8.29. The molecule has 2 aliphatic heterocycles. The van der Waals surface area contributed by atoms with Crippen LogP contribution in [0.25, 0.3) is 0 Å². The minimum absolute atomic E-state index is 0.0740. The molecule has 0 aromatic rings. The molecule has 0 amide bonds. The summed E-state index contributed by atoms with van der Waals surface area (Å²) < 4.78 is 16.2. The number of hydrogen-bond donors (Lipinski definition) is 2. The summed E-state index contributed by atoms with van der Waals surface area (Å²) in [4.78, 5) is 0. The highest BCUT2D eigenvalue weighted by molar-refractivity contribution is 4.90. The van der Waals surface area contributed by atoms with Gasteiger partial charge >= 0.3 is 0 Å². The van der Waals surface area contributed by atoms with Crippen molar-refractivity contribution in [2.24, 2.45) is 0 Å². The van der Waals surface area contributed by atoms with E-state index in [2.05, 4.69) is 0 Å². The molecule has 2 fully saturated rings. The van der Waals surface area contributed by atoms with Gasteiger partial charge in [0.25, 0.3) is 0 Å². The van der Waals surface area contributed by atoms with Gasteiger partial charge in [-0.1, -0.05) is 0 Å². The van der Waals surface area contributed by atoms with E-state index in [0.29, 0.717) is 6.61 Å². The minimum Gasteiger partial charge on any atom is -0.388 e. The maximum absolute atomic E-state index is 9.73. The molecule has 2 aliphatic rings. The monoisotopic (exact) mass is 204 g/mol. The average molecular weight is 204 g/mol. The first kappa shape index (κ1) is 10.3. The number of rotatable bonds is 0. The highest BCUT2D eigenvalue weighted by Crippen LogP contribution is 2.27. The molecule has 2 heterocycles. The summed E-state index contributed by atoms with van der Waals surface area (Å²) in [6.45, 7) is 4.01. The van der Waals surface area contributed by atoms with Crippen molar-refractivity contribution in [2.75, 3.05) is 6.61 Å². The summed E-state index contributed by atoms with van der Waals surface area (Å²) >= 11 is 0. The third kappa shape index (κ3) is 1.66. The Labute approximate surface area is 82.6 Å². The summed E-state index contributed by atoms with van der Waals surface area (Å²) in [7, 11) is 0. The molecular weight excluding hydrogens is 188 g/mol. The van der Waals surface area contributed by atoms with E-state index < -0.39 is 30.7 Å². The van der Waals surface area contributed by atoms with Gasteiger partial charge in [0.2, 0.25) is 0 Å². The van der Waals surface area contributed by atoms with Crippen LogP contribution in [0.3, 0.4) is 0 Å². The van der Waals surface area contributed by atoms with Crippen molar-refractivity contribution in [1.82, 2.24) is 0 Å². The van der Waals surface area contributed by atoms with Gasteiger partial charge in [0, 0.05) is 0 Å². The van der Waals surface area contributed by atoms with Crippen LogP contribution in [0, 0.1) is 0 Å². The second-order valence-electron chi connectivity index (χ2n) is 3.94. The molecule has 2 saturated heterocycles. The van der Waals surface area contributed by atoms with Crippen LogP contribution in [-0.4, -0.2) is 53.6 Å². The smallest absolute Gasteiger partial charge is 0.186 e. The molecule has 2 rings (SSSR count). The molecule has 0 spiro atoms. The van der Waals surface area contributed by atoms with Gasteiger partial charge in [0.15, 0.2) is 6.29 Å². The van der Waals surface area contributed by atoms with Crippen molar-refractivity contribution in [3.63, 3.8) is 0 Å². The van der Waals surface area contributed by atoms with Crippen molar-refractivity contribution < 1.29 is 24.4 Å². The Hall–Kier alpha value is -0.200. The number of hydrogen-bond acceptors (Lipinski definition) is 5. The fraction of sp³-hybridized carbons (Fsp3) is 1.00. The molecule has 0 aromatic heterocycles. The Morgan fingerprint density at radius 3 is 2.50 bits per heavy atom. The molecule has 82 valence electrons. The Morgan fingerprint density at radius 2 is 1.79 bits per heavy atom. The molecule has 0 bridgehead atoms. The third-order valence-corrected chi connectivity index (χ3v) is 2.67. The summed E-state index contributed by atoms with van der Waals surface area (Å²) in [5.74, 6) is 0. The SMILES string of the molecule is CC1O[C@H]2OC[C@@H](C)OC2C(O)[C@@H]1O. The maximum Gasteiger partial charge on any atom is 0.186 e. The van der Waals surface area contributed by atoms with Crippen molar-refractivity contribution in [1.29, 1.82) is 0 Å². The van der Waals surface area contributed by atoms with Crippen LogP contribution in [-0.2, 0) is 14.2 Å². The van der Waals surface area contributed by atoms with Crippen molar-refractivity contribution in [3.8, 4) is 0 Å². The quantitative estimate of drug-likeness (QED) is 0.544. The second kappa shape index (κ2) is 3.75. The van der Waals surface area contributed by atoms with Crippen molar-refractivity contribution in [2.45, 2.75) is 50.7 Å². The van der Waals surface area contributed by atoms with Crippen molar-refractivity contribution >= 4 is 0 Å². The van der Waals surface area contributed by atoms with E-state index in [1.807, 2.05) is 6.92 Å². The summed E-state index contributed by atoms with van der Waals surface area (Å²) in [6.07, 6.45) is -3.49. The van der Waals surface area contributed by atoms with Gasteiger partial charge in [-0.25, -0.2) is 0 Å². The largest absolute Gasteiger partial charge is 0.388 e. The molecular formula is C9H16O5. The van der Waals surface area contributed by atoms with Crippen LogP contribution >= 0.6 is 0 Å². The minimum atomic E-state index is -0.938. The molecule has 3 unspecified atom stereocenters. The number of aliphatic hydroxyl groups is 2. The Balaban J connectivity index is 2.08. The predicted molar refractivity (Wildman–Crippen MR) is 46.6 cm³/mol. The molecule has 6 atom stereocenters. The predicted octanol–water partition coefficient (Wildman–Crippen LogP) is -0.743. The Morgan fingerprint density at radius 1 is 1.07 bits per heavy atom. The van der Waals surface area contributed by atoms with Gasteiger partial charge in [0.1, 0.15) is 18.3 Å². The molecule has 2 N–H and O–H groups in total. The lowest BCUT2D eigenvalue weighted by molar-refractivity contribution is -0.341. The third-order valence-electron chi connectivity index (χ3n) is 2.67. The van der Waals surface area contributed by atoms with E-state index in [-0.39, 0.29) is 6.10 Å². The van der Waals surface area contributed by atoms with Crippen LogP contribution < -0.4 is 0 Å². The topological polar surface area (TPSA) is 68.2 Å². The lowest BCUT2D eigenvalue weighted by atomic mass is 9.99. The van der Waals surface area contributed by atoms with Crippen LogP contribution in [0.4, 0.5) is 0 Å². The van der Waals surface area contributed by atoms with Crippen LogP contribution in [0.15, 0.2) is 0 Å². The zero-order valence-electron chi connectivity index (χ0n) is 8.29. The van der Waals surface area contributed by atoms with E-state index >= 15 is 0 Å². The zero-order chi connectivity index (χ0) is 10.3. The lowest BCUT2D eigenvalue weighted by Crippen LogP contribution is -2.61. The van der Waals surface area contributed by atoms with Gasteiger partial charge in [-0.05, 0) is 13.8 Å². The Bertz CT molecular complexity index is 207. The van der Waals surface area contributed by atoms with Gasteiger partial charge in [-0.15, -0.1) is 0 Å². The van der Waals surface area contributed by atoms with Gasteiger partial charge < -0.3 is 24.4 Å². The molecule has 0 aromatic carbocycles. The number of fused-ring (bicyclic) bond motifs is 1. The normalized spacial score (nSPS) is 54.0. The molecule has 5 nitrogen and oxygen atoms in total. The maximum atomic E-state index is 9.73. The van der Waals surface area contributed by atoms with Crippen LogP contribution in [0.5, 0.6) is 0 Å². The molecule has 0 radical (unpaired) electrons. The Kier molecular flexibility index (Phi) is 2.77. The van der Waals surface area contributed by atoms with Gasteiger partial charge in [0.05, 0.1) is 18.8 Å². The van der Waals surface area contributed by atoms with Gasteiger partial charge in [-0.3, -0.25) is 0 Å². The molecule has 0 aliphatic carbocycles. The lowest BCUT2D eigenvalue weighted by Gasteiger charge is -2.45. The highest BCUT2D eigenvalue weighted by atomic mass is 16.7. The first-order valence-electron chi connectivity index (χ1n) is 4.88. The standard InChI is InChI=1S/C9H16O5/c1-4-3-12-9-8(13-4)7(11)6(10)5(2)14-9/h4-11H,3H2,1-2H3/t4-,5?,6-,7?,8?,9-/m1/s1. The van der Waals surface area contributed by atoms with Crippen LogP contribution in [0.2, 0.25) is 0 Å². The molecule has 0 saturated carbocycles. The number of aliphatic hydroxyl groups excluding tert-OH is 2. The van der Waals surface area contributed by atoms with E-state index in [1.165, 1.54) is 0 Å². The van der Waals surface area contributed by atoms with E-state index in [1.54, 1.807) is 6.92 Å². The fourth-order valence-corrected chi connectivity index (χ4v) is 1.82. The summed E-state index contributed by atoms with van der Waals surface area (Å²) in [6, 6.07) is 0. The summed E-state index contributed by atoms with van der Waals surface area (Å²) in [5, 5.41) is 19.3. The van der Waals surface area contributed by atoms with E-state index in [9.17, 15) is 10.2 Å². The first-order valence-corrected chi connectivity index (χ1v) is 4.88. The van der Waals surface area contributed by atoms with E-state index in [0.717, 1.165) is 0 Å². The highest BCUT2D eigenvalue weighted by Gasteiger charge is 2.46. The molecule has 14 heavy (non-hydrogen) atoms. The number of ether oxygens (including phenoxy) is 3. The average Bonchev–Trinajstić information content (AvgIpc) is 2.16. The van der Waals surface area contributed by atoms with Crippen LogP contribution in [0.1, 0.15) is 13.8 Å². The summed E-state index contributed by atoms with van der Waals surface area (Å²) in [5.41, 5.74) is 0. The van der Waals surface area contributed by atoms with Gasteiger partial charge in [-0.2, -0.15) is 0 Å². The van der Waals surface area contributed by atoms with Crippen molar-refractivity contribution in [3.05, 3.63) is 0 Å². The second-order valence-corrected chi connectivity index (χ2v) is 3.94. The molecule has 5 heteroatoms. The van der Waals surface area contributed by atoms with E-state index in [4.69, 9.17) is 14.2 Å². The fourth-order valence-electron chi connectivity index (χ4n) is 1.82. The first-order chi connectivity index (χ1) is 6.59.